The van der Waals surface area contributed by atoms with Crippen LogP contribution in [0.2, 0.25) is 0 Å². The summed E-state index contributed by atoms with van der Waals surface area (Å²) in [5, 5.41) is 11.1. The van der Waals surface area contributed by atoms with Crippen LogP contribution >= 0.6 is 11.8 Å². The molecule has 0 radical (unpaired) electrons. The van der Waals surface area contributed by atoms with Crippen molar-refractivity contribution in [3.8, 4) is 0 Å². The first-order valence-electron chi connectivity index (χ1n) is 8.00. The molecule has 0 spiro atoms. The molecule has 0 saturated heterocycles. The average Bonchev–Trinajstić information content (AvgIpc) is 2.66. The van der Waals surface area contributed by atoms with Gasteiger partial charge in [0, 0.05) is 17.0 Å². The van der Waals surface area contributed by atoms with E-state index in [1.54, 1.807) is 43.3 Å². The number of carbonyl (C=O) groups excluding carboxylic acids is 1. The molecular formula is C18H15N3O5S. The number of nitro groups is 1. The molecule has 0 aliphatic carbocycles. The topological polar surface area (TPSA) is 115 Å². The number of benzene rings is 2. The lowest BCUT2D eigenvalue weighted by Gasteiger charge is -2.13. The van der Waals surface area contributed by atoms with Gasteiger partial charge in [0.2, 0.25) is 0 Å². The third-order valence-corrected chi connectivity index (χ3v) is 4.71. The molecule has 0 unspecified atom stereocenters. The molecule has 1 heterocycles. The Kier molecular flexibility index (Phi) is 5.51. The minimum absolute atomic E-state index is 0.0121. The molecule has 0 fully saturated rings. The molecule has 1 atom stereocenters. The van der Waals surface area contributed by atoms with Crippen LogP contribution in [0, 0.1) is 10.1 Å². The number of esters is 1. The molecule has 1 aromatic heterocycles. The SMILES string of the molecule is C[C@H](OC(=O)CSc1ccc([N+](=O)[O-])cc1)c1nc2ccccc2c(=O)[nH]1. The number of ether oxygens (including phenoxy) is 1. The number of nitro benzene ring substituents is 1. The van der Waals surface area contributed by atoms with Gasteiger partial charge in [-0.15, -0.1) is 11.8 Å². The van der Waals surface area contributed by atoms with Crippen LogP contribution in [0.3, 0.4) is 0 Å². The van der Waals surface area contributed by atoms with Crippen molar-refractivity contribution in [2.24, 2.45) is 0 Å². The molecule has 138 valence electrons. The van der Waals surface area contributed by atoms with Gasteiger partial charge in [-0.3, -0.25) is 19.7 Å². The Morgan fingerprint density at radius 2 is 1.96 bits per heavy atom. The molecule has 9 heteroatoms. The van der Waals surface area contributed by atoms with Crippen LogP contribution in [-0.4, -0.2) is 26.6 Å². The van der Waals surface area contributed by atoms with Crippen molar-refractivity contribution in [2.45, 2.75) is 17.9 Å². The maximum absolute atomic E-state index is 12.1. The smallest absolute Gasteiger partial charge is 0.316 e. The van der Waals surface area contributed by atoms with Crippen molar-refractivity contribution < 1.29 is 14.5 Å². The summed E-state index contributed by atoms with van der Waals surface area (Å²) in [5.74, 6) is -0.186. The van der Waals surface area contributed by atoms with Crippen molar-refractivity contribution in [1.82, 2.24) is 9.97 Å². The lowest BCUT2D eigenvalue weighted by molar-refractivity contribution is -0.384. The standard InChI is InChI=1S/C18H15N3O5S/c1-11(17-19-15-5-3-2-4-14(15)18(23)20-17)26-16(22)10-27-13-8-6-12(7-9-13)21(24)25/h2-9,11H,10H2,1H3,(H,19,20,23)/t11-/m0/s1. The van der Waals surface area contributed by atoms with Crippen LogP contribution in [0.25, 0.3) is 10.9 Å². The van der Waals surface area contributed by atoms with E-state index in [0.717, 1.165) is 0 Å². The largest absolute Gasteiger partial charge is 0.454 e. The lowest BCUT2D eigenvalue weighted by Crippen LogP contribution is -2.18. The molecule has 8 nitrogen and oxygen atoms in total. The van der Waals surface area contributed by atoms with Gasteiger partial charge < -0.3 is 9.72 Å². The van der Waals surface area contributed by atoms with Gasteiger partial charge in [-0.25, -0.2) is 4.98 Å². The second kappa shape index (κ2) is 8.00. The van der Waals surface area contributed by atoms with Crippen molar-refractivity contribution in [2.75, 3.05) is 5.75 Å². The predicted molar refractivity (Wildman–Crippen MR) is 101 cm³/mol. The number of rotatable bonds is 6. The van der Waals surface area contributed by atoms with E-state index in [1.165, 1.54) is 23.9 Å². The summed E-state index contributed by atoms with van der Waals surface area (Å²) in [5.41, 5.74) is 0.222. The maximum Gasteiger partial charge on any atom is 0.316 e. The van der Waals surface area contributed by atoms with Gasteiger partial charge in [0.15, 0.2) is 11.9 Å². The van der Waals surface area contributed by atoms with Crippen LogP contribution in [0.4, 0.5) is 5.69 Å². The number of H-pyrrole nitrogens is 1. The van der Waals surface area contributed by atoms with Crippen molar-refractivity contribution in [1.29, 1.82) is 0 Å². The average molecular weight is 385 g/mol. The summed E-state index contributed by atoms with van der Waals surface area (Å²) in [4.78, 5) is 42.0. The molecule has 27 heavy (non-hydrogen) atoms. The Bertz CT molecular complexity index is 1050. The molecule has 3 aromatic rings. The first-order chi connectivity index (χ1) is 12.9. The van der Waals surface area contributed by atoms with Crippen LogP contribution in [0.1, 0.15) is 18.9 Å². The second-order valence-corrected chi connectivity index (χ2v) is 6.69. The molecule has 1 N–H and O–H groups in total. The Morgan fingerprint density at radius 1 is 1.26 bits per heavy atom. The van der Waals surface area contributed by atoms with E-state index in [-0.39, 0.29) is 22.8 Å². The summed E-state index contributed by atoms with van der Waals surface area (Å²) >= 11 is 1.20. The number of thioether (sulfide) groups is 1. The highest BCUT2D eigenvalue weighted by Gasteiger charge is 2.16. The number of carbonyl (C=O) groups is 1. The molecule has 0 amide bonds. The van der Waals surface area contributed by atoms with Gasteiger partial charge in [0.25, 0.3) is 11.2 Å². The monoisotopic (exact) mass is 385 g/mol. The number of non-ortho nitro benzene ring substituents is 1. The zero-order chi connectivity index (χ0) is 19.4. The molecule has 3 rings (SSSR count). The number of hydrogen-bond acceptors (Lipinski definition) is 7. The highest BCUT2D eigenvalue weighted by molar-refractivity contribution is 8.00. The Balaban J connectivity index is 1.62. The van der Waals surface area contributed by atoms with Crippen molar-refractivity contribution in [3.63, 3.8) is 0 Å². The number of hydrogen-bond donors (Lipinski definition) is 1. The van der Waals surface area contributed by atoms with Gasteiger partial charge in [-0.1, -0.05) is 12.1 Å². The molecular weight excluding hydrogens is 370 g/mol. The normalized spacial score (nSPS) is 11.9. The number of fused-ring (bicyclic) bond motifs is 1. The third-order valence-electron chi connectivity index (χ3n) is 3.73. The Labute approximate surface area is 157 Å². The lowest BCUT2D eigenvalue weighted by atomic mass is 10.2. The number of para-hydroxylation sites is 1. The summed E-state index contributed by atoms with van der Waals surface area (Å²) in [6.07, 6.45) is -0.715. The fraction of sp³-hybridized carbons (Fsp3) is 0.167. The maximum atomic E-state index is 12.1. The highest BCUT2D eigenvalue weighted by Crippen LogP contribution is 2.22. The van der Waals surface area contributed by atoms with Gasteiger partial charge in [0.1, 0.15) is 0 Å². The third kappa shape index (κ3) is 4.50. The molecule has 2 aromatic carbocycles. The minimum atomic E-state index is -0.715. The minimum Gasteiger partial charge on any atom is -0.454 e. The van der Waals surface area contributed by atoms with E-state index in [0.29, 0.717) is 15.8 Å². The molecule has 0 aliphatic rings. The van der Waals surface area contributed by atoms with Crippen LogP contribution in [-0.2, 0) is 9.53 Å². The van der Waals surface area contributed by atoms with E-state index >= 15 is 0 Å². The summed E-state index contributed by atoms with van der Waals surface area (Å²) in [6, 6.07) is 12.8. The molecule has 0 saturated carbocycles. The van der Waals surface area contributed by atoms with Gasteiger partial charge in [-0.2, -0.15) is 0 Å². The second-order valence-electron chi connectivity index (χ2n) is 5.64. The Morgan fingerprint density at radius 3 is 2.67 bits per heavy atom. The van der Waals surface area contributed by atoms with Crippen molar-refractivity contribution >= 4 is 34.3 Å². The number of aromatic nitrogens is 2. The Hall–Kier alpha value is -3.20. The highest BCUT2D eigenvalue weighted by atomic mass is 32.2. The van der Waals surface area contributed by atoms with E-state index in [9.17, 15) is 19.7 Å². The fourth-order valence-electron chi connectivity index (χ4n) is 2.39. The molecule has 0 aliphatic heterocycles. The van der Waals surface area contributed by atoms with E-state index in [2.05, 4.69) is 9.97 Å². The van der Waals surface area contributed by atoms with Gasteiger partial charge in [-0.05, 0) is 31.2 Å². The van der Waals surface area contributed by atoms with Gasteiger partial charge >= 0.3 is 5.97 Å². The van der Waals surface area contributed by atoms with Crippen LogP contribution < -0.4 is 5.56 Å². The van der Waals surface area contributed by atoms with E-state index in [4.69, 9.17) is 4.74 Å². The molecule has 0 bridgehead atoms. The first-order valence-corrected chi connectivity index (χ1v) is 8.98. The number of nitrogens with one attached hydrogen (secondary N) is 1. The van der Waals surface area contributed by atoms with E-state index < -0.39 is 17.0 Å². The van der Waals surface area contributed by atoms with Gasteiger partial charge in [0.05, 0.1) is 21.6 Å². The predicted octanol–water partition coefficient (Wildman–Crippen LogP) is 3.23. The fourth-order valence-corrected chi connectivity index (χ4v) is 3.07. The first kappa shape index (κ1) is 18.6. The quantitative estimate of drug-likeness (QED) is 0.300. The summed E-state index contributed by atoms with van der Waals surface area (Å²) in [6.45, 7) is 1.63. The number of aromatic amines is 1. The van der Waals surface area contributed by atoms with Crippen molar-refractivity contribution in [3.05, 3.63) is 74.8 Å². The summed E-state index contributed by atoms with van der Waals surface area (Å²) < 4.78 is 5.32. The zero-order valence-electron chi connectivity index (χ0n) is 14.2. The zero-order valence-corrected chi connectivity index (χ0v) is 15.1. The van der Waals surface area contributed by atoms with Crippen LogP contribution in [0.5, 0.6) is 0 Å². The van der Waals surface area contributed by atoms with Crippen LogP contribution in [0.15, 0.2) is 58.2 Å². The van der Waals surface area contributed by atoms with E-state index in [1.807, 2.05) is 0 Å². The number of nitrogens with zero attached hydrogens (tertiary/aromatic N) is 2. The summed E-state index contributed by atoms with van der Waals surface area (Å²) in [7, 11) is 0.